The number of allylic oxidation sites excluding steroid dienone is 1. The largest absolute Gasteiger partial charge is 0.466 e. The van der Waals surface area contributed by atoms with Gasteiger partial charge in [-0.3, -0.25) is 0 Å². The number of tetrazole rings is 1. The van der Waals surface area contributed by atoms with Gasteiger partial charge >= 0.3 is 5.97 Å². The van der Waals surface area contributed by atoms with Gasteiger partial charge in [-0.05, 0) is 29.8 Å². The molecule has 1 aliphatic rings. The Morgan fingerprint density at radius 1 is 1.29 bits per heavy atom. The topological polar surface area (TPSA) is 81.9 Å². The molecule has 0 aliphatic carbocycles. The van der Waals surface area contributed by atoms with E-state index < -0.39 is 12.0 Å². The van der Waals surface area contributed by atoms with Crippen LogP contribution in [0.2, 0.25) is 0 Å². The lowest BCUT2D eigenvalue weighted by molar-refractivity contribution is -0.136. The fourth-order valence-electron chi connectivity index (χ4n) is 2.44. The van der Waals surface area contributed by atoms with Crippen molar-refractivity contribution in [3.63, 3.8) is 0 Å². The predicted molar refractivity (Wildman–Crippen MR) is 75.5 cm³/mol. The van der Waals surface area contributed by atoms with Crippen LogP contribution in [0.25, 0.3) is 0 Å². The fourth-order valence-corrected chi connectivity index (χ4v) is 2.44. The van der Waals surface area contributed by atoms with E-state index in [2.05, 4.69) is 20.8 Å². The molecule has 0 saturated carbocycles. The average molecular weight is 285 g/mol. The highest BCUT2D eigenvalue weighted by molar-refractivity contribution is 5.92. The lowest BCUT2D eigenvalue weighted by Gasteiger charge is -2.27. The van der Waals surface area contributed by atoms with Gasteiger partial charge in [0.2, 0.25) is 5.95 Å². The highest BCUT2D eigenvalue weighted by atomic mass is 16.5. The molecule has 1 atom stereocenters. The van der Waals surface area contributed by atoms with Gasteiger partial charge in [-0.15, -0.1) is 0 Å². The van der Waals surface area contributed by atoms with Gasteiger partial charge < -0.3 is 10.1 Å². The summed E-state index contributed by atoms with van der Waals surface area (Å²) in [5.41, 5.74) is 3.26. The number of anilines is 1. The molecule has 0 unspecified atom stereocenters. The summed E-state index contributed by atoms with van der Waals surface area (Å²) in [5.74, 6) is 0.109. The van der Waals surface area contributed by atoms with Crippen molar-refractivity contribution in [2.45, 2.75) is 19.9 Å². The molecule has 1 aromatic heterocycles. The summed E-state index contributed by atoms with van der Waals surface area (Å²) in [5, 5.41) is 14.6. The monoisotopic (exact) mass is 285 g/mol. The quantitative estimate of drug-likeness (QED) is 0.841. The second-order valence-electron chi connectivity index (χ2n) is 4.92. The Morgan fingerprint density at radius 2 is 2.00 bits per heavy atom. The van der Waals surface area contributed by atoms with E-state index in [1.807, 2.05) is 38.1 Å². The van der Waals surface area contributed by atoms with Gasteiger partial charge in [0.15, 0.2) is 0 Å². The van der Waals surface area contributed by atoms with Crippen LogP contribution < -0.4 is 5.32 Å². The highest BCUT2D eigenvalue weighted by Crippen LogP contribution is 2.34. The maximum Gasteiger partial charge on any atom is 0.338 e. The fraction of sp³-hybridized carbons (Fsp3) is 0.286. The minimum absolute atomic E-state index is 0.397. The number of hydrogen-bond donors (Lipinski definition) is 1. The smallest absolute Gasteiger partial charge is 0.338 e. The third-order valence-electron chi connectivity index (χ3n) is 3.51. The minimum atomic E-state index is -0.399. The Balaban J connectivity index is 2.17. The van der Waals surface area contributed by atoms with Crippen LogP contribution in [0.5, 0.6) is 0 Å². The van der Waals surface area contributed by atoms with E-state index in [1.54, 1.807) is 4.68 Å². The molecule has 3 rings (SSSR count). The lowest BCUT2D eigenvalue weighted by atomic mass is 9.95. The number of hydrogen-bond acceptors (Lipinski definition) is 6. The van der Waals surface area contributed by atoms with Gasteiger partial charge in [0.1, 0.15) is 6.04 Å². The molecule has 0 spiro atoms. The van der Waals surface area contributed by atoms with Gasteiger partial charge in [0.25, 0.3) is 0 Å². The lowest BCUT2D eigenvalue weighted by Crippen LogP contribution is -2.29. The van der Waals surface area contributed by atoms with Crippen molar-refractivity contribution in [2.24, 2.45) is 0 Å². The van der Waals surface area contributed by atoms with E-state index in [4.69, 9.17) is 4.74 Å². The van der Waals surface area contributed by atoms with Crippen molar-refractivity contribution < 1.29 is 9.53 Å². The first-order valence-corrected chi connectivity index (χ1v) is 6.52. The summed E-state index contributed by atoms with van der Waals surface area (Å²) in [6, 6.07) is 7.52. The summed E-state index contributed by atoms with van der Waals surface area (Å²) >= 11 is 0. The Kier molecular flexibility index (Phi) is 3.17. The molecule has 1 aromatic carbocycles. The second kappa shape index (κ2) is 5.01. The third kappa shape index (κ3) is 2.16. The van der Waals surface area contributed by atoms with Crippen molar-refractivity contribution in [3.05, 3.63) is 46.7 Å². The molecule has 1 aliphatic heterocycles. The maximum absolute atomic E-state index is 12.2. The number of rotatable bonds is 2. The molecule has 0 fully saturated rings. The number of nitrogens with one attached hydrogen (secondary N) is 1. The van der Waals surface area contributed by atoms with Crippen molar-refractivity contribution in [2.75, 3.05) is 12.4 Å². The first kappa shape index (κ1) is 13.3. The molecule has 1 N–H and O–H groups in total. The summed E-state index contributed by atoms with van der Waals surface area (Å²) in [6.45, 7) is 3.82. The van der Waals surface area contributed by atoms with Crippen LogP contribution in [0.3, 0.4) is 0 Å². The van der Waals surface area contributed by atoms with Crippen molar-refractivity contribution >= 4 is 11.9 Å². The number of esters is 1. The zero-order valence-electron chi connectivity index (χ0n) is 12.0. The molecule has 0 radical (unpaired) electrons. The van der Waals surface area contributed by atoms with Crippen molar-refractivity contribution in [1.29, 1.82) is 0 Å². The molecule has 0 saturated heterocycles. The number of carbonyl (C=O) groups is 1. The second-order valence-corrected chi connectivity index (χ2v) is 4.92. The van der Waals surface area contributed by atoms with E-state index in [0.29, 0.717) is 17.2 Å². The van der Waals surface area contributed by atoms with Gasteiger partial charge in [0, 0.05) is 5.70 Å². The minimum Gasteiger partial charge on any atom is -0.466 e. The van der Waals surface area contributed by atoms with Gasteiger partial charge in [-0.2, -0.15) is 4.68 Å². The first-order chi connectivity index (χ1) is 10.1. The Morgan fingerprint density at radius 3 is 2.67 bits per heavy atom. The van der Waals surface area contributed by atoms with Crippen molar-refractivity contribution in [3.8, 4) is 0 Å². The van der Waals surface area contributed by atoms with Crippen LogP contribution in [0.15, 0.2) is 35.5 Å². The zero-order valence-corrected chi connectivity index (χ0v) is 12.0. The zero-order chi connectivity index (χ0) is 15.0. The van der Waals surface area contributed by atoms with Gasteiger partial charge in [-0.25, -0.2) is 4.79 Å². The Labute approximate surface area is 121 Å². The summed E-state index contributed by atoms with van der Waals surface area (Å²) < 4.78 is 6.50. The Hall–Kier alpha value is -2.70. The maximum atomic E-state index is 12.2. The van der Waals surface area contributed by atoms with Gasteiger partial charge in [-0.1, -0.05) is 34.9 Å². The number of nitrogens with zero attached hydrogens (tertiary/aromatic N) is 4. The first-order valence-electron chi connectivity index (χ1n) is 6.52. The van der Waals surface area contributed by atoms with E-state index in [-0.39, 0.29) is 0 Å². The molecule has 2 heterocycles. The average Bonchev–Trinajstić information content (AvgIpc) is 2.94. The molecule has 7 heteroatoms. The van der Waals surface area contributed by atoms with Crippen LogP contribution in [-0.4, -0.2) is 33.3 Å². The molecule has 108 valence electrons. The summed E-state index contributed by atoms with van der Waals surface area (Å²) in [6.07, 6.45) is 0. The van der Waals surface area contributed by atoms with Crippen LogP contribution >= 0.6 is 0 Å². The standard InChI is InChI=1S/C14H15N5O2/c1-8-4-6-10(7-5-8)12-11(13(20)21-3)9(2)15-14-16-17-18-19(12)14/h4-7,12H,1-3H3,(H,15,16,18)/t12-/m1/s1. The van der Waals surface area contributed by atoms with E-state index in [1.165, 1.54) is 7.11 Å². The molecule has 21 heavy (non-hydrogen) atoms. The van der Waals surface area contributed by atoms with Crippen LogP contribution in [0.1, 0.15) is 24.1 Å². The number of fused-ring (bicyclic) bond motifs is 1. The normalized spacial score (nSPS) is 17.2. The van der Waals surface area contributed by atoms with Crippen LogP contribution in [0.4, 0.5) is 5.95 Å². The SMILES string of the molecule is COC(=O)C1=C(C)Nc2nnnn2[C@@H]1c1ccc(C)cc1. The molecule has 0 bridgehead atoms. The predicted octanol–water partition coefficient (Wildman–Crippen LogP) is 1.44. The highest BCUT2D eigenvalue weighted by Gasteiger charge is 2.34. The number of benzene rings is 1. The van der Waals surface area contributed by atoms with Crippen LogP contribution in [-0.2, 0) is 9.53 Å². The number of carbonyl (C=O) groups excluding carboxylic acids is 1. The van der Waals surface area contributed by atoms with E-state index in [9.17, 15) is 4.79 Å². The molecular weight excluding hydrogens is 270 g/mol. The number of aromatic nitrogens is 4. The third-order valence-corrected chi connectivity index (χ3v) is 3.51. The molecule has 0 amide bonds. The Bertz CT molecular complexity index is 717. The number of ether oxygens (including phenoxy) is 1. The van der Waals surface area contributed by atoms with Crippen LogP contribution in [0, 0.1) is 6.92 Å². The molecule has 7 nitrogen and oxygen atoms in total. The summed E-state index contributed by atoms with van der Waals surface area (Å²) in [7, 11) is 1.37. The van der Waals surface area contributed by atoms with Gasteiger partial charge in [0.05, 0.1) is 12.7 Å². The van der Waals surface area contributed by atoms with Crippen molar-refractivity contribution in [1.82, 2.24) is 20.2 Å². The van der Waals surface area contributed by atoms with E-state index in [0.717, 1.165) is 11.1 Å². The summed E-state index contributed by atoms with van der Waals surface area (Å²) in [4.78, 5) is 12.2. The molecular formula is C14H15N5O2. The number of aryl methyl sites for hydroxylation is 1. The molecule has 2 aromatic rings. The number of methoxy groups -OCH3 is 1. The van der Waals surface area contributed by atoms with E-state index >= 15 is 0 Å².